The molecule has 1 unspecified atom stereocenters. The second-order valence-corrected chi connectivity index (χ2v) is 9.79. The molecule has 1 aliphatic rings. The molecule has 1 aliphatic carbocycles. The van der Waals surface area contributed by atoms with Crippen molar-refractivity contribution in [3.8, 4) is 5.75 Å². The number of hydrogen-bond acceptors (Lipinski definition) is 5. The Morgan fingerprint density at radius 3 is 2.65 bits per heavy atom. The zero-order valence-corrected chi connectivity index (χ0v) is 21.8. The smallest absolute Gasteiger partial charge is 0.213 e. The zero-order valence-electron chi connectivity index (χ0n) is 18.6. The quantitative estimate of drug-likeness (QED) is 0.175. The van der Waals surface area contributed by atoms with Crippen LogP contribution in [-0.4, -0.2) is 57.5 Å². The number of benzene rings is 1. The molecule has 0 aliphatic heterocycles. The summed E-state index contributed by atoms with van der Waals surface area (Å²) in [6.07, 6.45) is 2.67. The maximum atomic E-state index is 12.1. The molecule has 0 saturated heterocycles. The standard InChI is InChI=1S/C21H36N4O4S.HI/c1-4-22-21(23-11-12-30(27,28)25-14-17-7-5-8-17)24-15-20(26)18-9-6-10-19(13-18)29-16(2)3;/h6,9-10,13,16-17,20,25-26H,4-5,7-8,11-12,14-15H2,1-3H3,(H2,22,23,24);1H. The van der Waals surface area contributed by atoms with E-state index in [9.17, 15) is 13.5 Å². The molecular formula is C21H37IN4O4S. The highest BCUT2D eigenvalue weighted by Crippen LogP contribution is 2.25. The van der Waals surface area contributed by atoms with Gasteiger partial charge >= 0.3 is 0 Å². The Kier molecular flexibility index (Phi) is 12.7. The summed E-state index contributed by atoms with van der Waals surface area (Å²) in [4.78, 5) is 4.38. The molecule has 1 fully saturated rings. The lowest BCUT2D eigenvalue weighted by Crippen LogP contribution is -2.42. The van der Waals surface area contributed by atoms with Gasteiger partial charge in [0.05, 0.1) is 24.5 Å². The molecule has 178 valence electrons. The zero-order chi connectivity index (χ0) is 22.0. The normalized spacial score (nSPS) is 15.7. The van der Waals surface area contributed by atoms with Crippen molar-refractivity contribution in [1.29, 1.82) is 0 Å². The van der Waals surface area contributed by atoms with E-state index in [2.05, 4.69) is 20.3 Å². The molecule has 0 amide bonds. The second kappa shape index (κ2) is 14.1. The molecule has 0 aromatic heterocycles. The minimum absolute atomic E-state index is 0. The first-order valence-corrected chi connectivity index (χ1v) is 12.4. The summed E-state index contributed by atoms with van der Waals surface area (Å²) in [6, 6.07) is 7.32. The number of aliphatic hydroxyl groups excluding tert-OH is 1. The lowest BCUT2D eigenvalue weighted by molar-refractivity contribution is 0.185. The van der Waals surface area contributed by atoms with Gasteiger partial charge in [0.15, 0.2) is 5.96 Å². The van der Waals surface area contributed by atoms with E-state index in [1.165, 1.54) is 6.42 Å². The average molecular weight is 569 g/mol. The first-order chi connectivity index (χ1) is 14.3. The number of rotatable bonds is 12. The molecule has 4 N–H and O–H groups in total. The van der Waals surface area contributed by atoms with Crippen molar-refractivity contribution < 1.29 is 18.3 Å². The number of ether oxygens (including phenoxy) is 1. The summed E-state index contributed by atoms with van der Waals surface area (Å²) in [5.41, 5.74) is 0.718. The van der Waals surface area contributed by atoms with Crippen molar-refractivity contribution in [1.82, 2.24) is 15.4 Å². The second-order valence-electron chi connectivity index (χ2n) is 7.87. The largest absolute Gasteiger partial charge is 0.491 e. The van der Waals surface area contributed by atoms with Crippen molar-refractivity contribution in [2.75, 3.05) is 31.9 Å². The van der Waals surface area contributed by atoms with Gasteiger partial charge in [-0.25, -0.2) is 13.1 Å². The Morgan fingerprint density at radius 1 is 1.29 bits per heavy atom. The molecule has 0 radical (unpaired) electrons. The predicted molar refractivity (Wildman–Crippen MR) is 136 cm³/mol. The number of aliphatic imine (C=N–C) groups is 1. The van der Waals surface area contributed by atoms with Crippen LogP contribution in [0.1, 0.15) is 51.7 Å². The van der Waals surface area contributed by atoms with Gasteiger partial charge in [-0.3, -0.25) is 4.99 Å². The third-order valence-corrected chi connectivity index (χ3v) is 6.21. The Balaban J connectivity index is 0.00000480. The maximum Gasteiger partial charge on any atom is 0.213 e. The molecule has 8 nitrogen and oxygen atoms in total. The minimum Gasteiger partial charge on any atom is -0.491 e. The topological polar surface area (TPSA) is 112 Å². The number of aliphatic hydroxyl groups is 1. The monoisotopic (exact) mass is 568 g/mol. The van der Waals surface area contributed by atoms with Crippen molar-refractivity contribution in [3.63, 3.8) is 0 Å². The van der Waals surface area contributed by atoms with Crippen LogP contribution in [0.15, 0.2) is 29.3 Å². The number of nitrogens with zero attached hydrogens (tertiary/aromatic N) is 1. The highest BCUT2D eigenvalue weighted by atomic mass is 127. The van der Waals surface area contributed by atoms with Gasteiger partial charge in [-0.05, 0) is 57.2 Å². The molecule has 0 spiro atoms. The van der Waals surface area contributed by atoms with Crippen molar-refractivity contribution in [2.45, 2.75) is 52.2 Å². The van der Waals surface area contributed by atoms with Gasteiger partial charge in [0.2, 0.25) is 10.0 Å². The highest BCUT2D eigenvalue weighted by Gasteiger charge is 2.20. The fourth-order valence-electron chi connectivity index (χ4n) is 3.01. The van der Waals surface area contributed by atoms with Crippen molar-refractivity contribution in [3.05, 3.63) is 29.8 Å². The molecule has 1 atom stereocenters. The van der Waals surface area contributed by atoms with Crippen LogP contribution in [0.25, 0.3) is 0 Å². The van der Waals surface area contributed by atoms with E-state index < -0.39 is 16.1 Å². The molecule has 1 aromatic rings. The third kappa shape index (κ3) is 10.8. The van der Waals surface area contributed by atoms with Gasteiger partial charge in [0.1, 0.15) is 5.75 Å². The summed E-state index contributed by atoms with van der Waals surface area (Å²) in [6.45, 7) is 7.37. The lowest BCUT2D eigenvalue weighted by atomic mass is 9.86. The van der Waals surface area contributed by atoms with E-state index in [0.717, 1.165) is 18.4 Å². The molecule has 31 heavy (non-hydrogen) atoms. The number of halogens is 1. The molecule has 0 heterocycles. The summed E-state index contributed by atoms with van der Waals surface area (Å²) >= 11 is 0. The first-order valence-electron chi connectivity index (χ1n) is 10.7. The predicted octanol–water partition coefficient (Wildman–Crippen LogP) is 2.40. The van der Waals surface area contributed by atoms with Crippen LogP contribution in [0.3, 0.4) is 0 Å². The van der Waals surface area contributed by atoms with Crippen LogP contribution in [0.4, 0.5) is 0 Å². The maximum absolute atomic E-state index is 12.1. The minimum atomic E-state index is -3.31. The Bertz CT molecular complexity index is 785. The Morgan fingerprint density at radius 2 is 2.03 bits per heavy atom. The van der Waals surface area contributed by atoms with E-state index in [1.807, 2.05) is 39.0 Å². The van der Waals surface area contributed by atoms with Gasteiger partial charge in [-0.1, -0.05) is 18.6 Å². The van der Waals surface area contributed by atoms with Crippen LogP contribution in [-0.2, 0) is 10.0 Å². The number of hydrogen-bond donors (Lipinski definition) is 4. The average Bonchev–Trinajstić information content (AvgIpc) is 2.64. The Labute approximate surface area is 203 Å². The summed E-state index contributed by atoms with van der Waals surface area (Å²) in [7, 11) is -3.31. The van der Waals surface area contributed by atoms with Crippen molar-refractivity contribution >= 4 is 40.0 Å². The molecule has 1 saturated carbocycles. The van der Waals surface area contributed by atoms with Gasteiger partial charge in [-0.15, -0.1) is 24.0 Å². The molecule has 10 heteroatoms. The highest BCUT2D eigenvalue weighted by molar-refractivity contribution is 14.0. The third-order valence-electron chi connectivity index (χ3n) is 4.86. The summed E-state index contributed by atoms with van der Waals surface area (Å²) in [5.74, 6) is 1.63. The fourth-order valence-corrected chi connectivity index (χ4v) is 4.01. The van der Waals surface area contributed by atoms with Crippen LogP contribution in [0, 0.1) is 5.92 Å². The fraction of sp³-hybridized carbons (Fsp3) is 0.667. The molecule has 0 bridgehead atoms. The molecule has 1 aromatic carbocycles. The number of sulfonamides is 1. The van der Waals surface area contributed by atoms with Gasteiger partial charge in [0.25, 0.3) is 0 Å². The van der Waals surface area contributed by atoms with Crippen LogP contribution >= 0.6 is 24.0 Å². The van der Waals surface area contributed by atoms with Crippen LogP contribution in [0.2, 0.25) is 0 Å². The first kappa shape index (κ1) is 27.9. The van der Waals surface area contributed by atoms with E-state index in [4.69, 9.17) is 4.74 Å². The van der Waals surface area contributed by atoms with Gasteiger partial charge in [0, 0.05) is 19.6 Å². The van der Waals surface area contributed by atoms with E-state index in [-0.39, 0.29) is 48.9 Å². The lowest BCUT2D eigenvalue weighted by Gasteiger charge is -2.25. The molecule has 2 rings (SSSR count). The van der Waals surface area contributed by atoms with E-state index in [0.29, 0.717) is 30.7 Å². The van der Waals surface area contributed by atoms with E-state index in [1.54, 1.807) is 6.07 Å². The number of guanidine groups is 1. The number of nitrogens with one attached hydrogen (secondary N) is 3. The molecular weight excluding hydrogens is 531 g/mol. The van der Waals surface area contributed by atoms with Crippen molar-refractivity contribution in [2.24, 2.45) is 10.9 Å². The van der Waals surface area contributed by atoms with Crippen LogP contribution in [0.5, 0.6) is 5.75 Å². The van der Waals surface area contributed by atoms with Crippen LogP contribution < -0.4 is 20.1 Å². The summed E-state index contributed by atoms with van der Waals surface area (Å²) in [5, 5.41) is 16.6. The summed E-state index contributed by atoms with van der Waals surface area (Å²) < 4.78 is 32.6. The van der Waals surface area contributed by atoms with E-state index >= 15 is 0 Å². The van der Waals surface area contributed by atoms with Gasteiger partial charge in [-0.2, -0.15) is 0 Å². The van der Waals surface area contributed by atoms with Gasteiger partial charge < -0.3 is 20.5 Å². The Hall–Kier alpha value is -1.11. The SMILES string of the molecule is CCNC(=NCC(O)c1cccc(OC(C)C)c1)NCCS(=O)(=O)NCC1CCC1.I.